The third kappa shape index (κ3) is 1.74. The van der Waals surface area contributed by atoms with Crippen LogP contribution in [0.15, 0.2) is 12.1 Å². The number of Topliss-reactive ketones (excluding diaryl/α,β-unsaturated/α-hetero) is 1. The zero-order chi connectivity index (χ0) is 10.7. The molecular weight excluding hydrogens is 178 g/mol. The summed E-state index contributed by atoms with van der Waals surface area (Å²) < 4.78 is 5.11. The van der Waals surface area contributed by atoms with Gasteiger partial charge in [-0.05, 0) is 31.5 Å². The predicted molar refractivity (Wildman–Crippen MR) is 52.5 cm³/mol. The van der Waals surface area contributed by atoms with Crippen molar-refractivity contribution in [1.82, 2.24) is 0 Å². The van der Waals surface area contributed by atoms with Crippen molar-refractivity contribution >= 4 is 5.78 Å². The first-order valence-corrected chi connectivity index (χ1v) is 4.19. The van der Waals surface area contributed by atoms with Crippen LogP contribution >= 0.6 is 0 Å². The number of carbonyl (C=O) groups is 1. The molecule has 0 atom stereocenters. The van der Waals surface area contributed by atoms with Gasteiger partial charge in [-0.2, -0.15) is 5.26 Å². The fourth-order valence-electron chi connectivity index (χ4n) is 1.37. The van der Waals surface area contributed by atoms with E-state index < -0.39 is 0 Å². The topological polar surface area (TPSA) is 50.1 Å². The molecule has 0 unspecified atom stereocenters. The molecule has 0 radical (unpaired) electrons. The van der Waals surface area contributed by atoms with Crippen LogP contribution in [0.5, 0.6) is 5.75 Å². The molecule has 1 aromatic rings. The number of ketones is 1. The Kier molecular flexibility index (Phi) is 2.88. The molecule has 0 aromatic heterocycles. The van der Waals surface area contributed by atoms with E-state index >= 15 is 0 Å². The lowest BCUT2D eigenvalue weighted by Crippen LogP contribution is -2.00. The van der Waals surface area contributed by atoms with Crippen molar-refractivity contribution in [3.63, 3.8) is 0 Å². The normalized spacial score (nSPS) is 9.29. The first-order chi connectivity index (χ1) is 6.60. The van der Waals surface area contributed by atoms with E-state index in [4.69, 9.17) is 10.00 Å². The molecule has 0 N–H and O–H groups in total. The summed E-state index contributed by atoms with van der Waals surface area (Å²) in [6.07, 6.45) is 0. The van der Waals surface area contributed by atoms with Crippen molar-refractivity contribution in [3.05, 3.63) is 28.8 Å². The maximum Gasteiger partial charge on any atom is 0.163 e. The number of nitriles is 1. The van der Waals surface area contributed by atoms with E-state index in [0.29, 0.717) is 16.9 Å². The molecule has 0 amide bonds. The Hall–Kier alpha value is -1.82. The molecule has 0 spiro atoms. The van der Waals surface area contributed by atoms with Crippen molar-refractivity contribution in [3.8, 4) is 11.8 Å². The number of nitrogens with zero attached hydrogens (tertiary/aromatic N) is 1. The number of aryl methyl sites for hydroxylation is 1. The van der Waals surface area contributed by atoms with Crippen molar-refractivity contribution in [1.29, 1.82) is 5.26 Å². The highest BCUT2D eigenvalue weighted by Crippen LogP contribution is 2.25. The second-order valence-corrected chi connectivity index (χ2v) is 3.04. The molecule has 0 aliphatic rings. The number of ether oxygens (including phenoxy) is 1. The smallest absolute Gasteiger partial charge is 0.163 e. The number of hydrogen-bond acceptors (Lipinski definition) is 3. The molecule has 0 heterocycles. The first-order valence-electron chi connectivity index (χ1n) is 4.19. The largest absolute Gasteiger partial charge is 0.496 e. The SMILES string of the molecule is COc1c(C)cc(C#N)cc1C(C)=O. The van der Waals surface area contributed by atoms with E-state index in [-0.39, 0.29) is 5.78 Å². The summed E-state index contributed by atoms with van der Waals surface area (Å²) in [4.78, 5) is 11.3. The summed E-state index contributed by atoms with van der Waals surface area (Å²) in [7, 11) is 1.51. The van der Waals surface area contributed by atoms with Gasteiger partial charge in [0.05, 0.1) is 24.3 Å². The van der Waals surface area contributed by atoms with Crippen LogP contribution in [0.1, 0.15) is 28.4 Å². The van der Waals surface area contributed by atoms with Gasteiger partial charge in [-0.15, -0.1) is 0 Å². The molecule has 72 valence electrons. The minimum absolute atomic E-state index is 0.0953. The van der Waals surface area contributed by atoms with Gasteiger partial charge in [0.1, 0.15) is 5.75 Å². The Morgan fingerprint density at radius 3 is 2.57 bits per heavy atom. The van der Waals surface area contributed by atoms with Crippen molar-refractivity contribution in [2.45, 2.75) is 13.8 Å². The van der Waals surface area contributed by atoms with Crippen LogP contribution in [0.25, 0.3) is 0 Å². The van der Waals surface area contributed by atoms with Crippen LogP contribution in [0.4, 0.5) is 0 Å². The highest BCUT2D eigenvalue weighted by Gasteiger charge is 2.11. The van der Waals surface area contributed by atoms with Gasteiger partial charge in [0, 0.05) is 0 Å². The van der Waals surface area contributed by atoms with Gasteiger partial charge in [-0.3, -0.25) is 4.79 Å². The molecule has 14 heavy (non-hydrogen) atoms. The third-order valence-electron chi connectivity index (χ3n) is 1.99. The highest BCUT2D eigenvalue weighted by atomic mass is 16.5. The molecule has 0 aliphatic heterocycles. The van der Waals surface area contributed by atoms with Crippen LogP contribution in [-0.2, 0) is 0 Å². The molecule has 0 saturated heterocycles. The van der Waals surface area contributed by atoms with Gasteiger partial charge < -0.3 is 4.74 Å². The van der Waals surface area contributed by atoms with E-state index in [0.717, 1.165) is 5.56 Å². The monoisotopic (exact) mass is 189 g/mol. The third-order valence-corrected chi connectivity index (χ3v) is 1.99. The fraction of sp³-hybridized carbons (Fsp3) is 0.273. The standard InChI is InChI=1S/C11H11NO2/c1-7-4-9(6-12)5-10(8(2)13)11(7)14-3/h4-5H,1-3H3. The van der Waals surface area contributed by atoms with Crippen LogP contribution < -0.4 is 4.74 Å². The number of rotatable bonds is 2. The minimum atomic E-state index is -0.0953. The summed E-state index contributed by atoms with van der Waals surface area (Å²) in [6, 6.07) is 5.26. The molecular formula is C11H11NO2. The lowest BCUT2D eigenvalue weighted by atomic mass is 10.0. The molecule has 0 saturated carbocycles. The summed E-state index contributed by atoms with van der Waals surface area (Å²) >= 11 is 0. The van der Waals surface area contributed by atoms with E-state index in [9.17, 15) is 4.79 Å². The second-order valence-electron chi connectivity index (χ2n) is 3.04. The van der Waals surface area contributed by atoms with Crippen molar-refractivity contribution < 1.29 is 9.53 Å². The Balaban J connectivity index is 3.45. The Morgan fingerprint density at radius 1 is 1.50 bits per heavy atom. The molecule has 3 heteroatoms. The fourth-order valence-corrected chi connectivity index (χ4v) is 1.37. The van der Waals surface area contributed by atoms with Crippen molar-refractivity contribution in [2.75, 3.05) is 7.11 Å². The minimum Gasteiger partial charge on any atom is -0.496 e. The maximum atomic E-state index is 11.3. The van der Waals surface area contributed by atoms with Crippen LogP contribution in [0.2, 0.25) is 0 Å². The second kappa shape index (κ2) is 3.93. The van der Waals surface area contributed by atoms with E-state index in [1.165, 1.54) is 14.0 Å². The number of carbonyl (C=O) groups excluding carboxylic acids is 1. The Morgan fingerprint density at radius 2 is 2.14 bits per heavy atom. The Labute approximate surface area is 82.9 Å². The van der Waals surface area contributed by atoms with Gasteiger partial charge in [0.25, 0.3) is 0 Å². The molecule has 0 aliphatic carbocycles. The average Bonchev–Trinajstić information content (AvgIpc) is 2.16. The Bertz CT molecular complexity index is 416. The maximum absolute atomic E-state index is 11.3. The lowest BCUT2D eigenvalue weighted by molar-refractivity contribution is 0.101. The first kappa shape index (κ1) is 10.3. The summed E-state index contributed by atoms with van der Waals surface area (Å²) in [6.45, 7) is 3.27. The molecule has 1 aromatic carbocycles. The van der Waals surface area contributed by atoms with Crippen LogP contribution in [0, 0.1) is 18.3 Å². The van der Waals surface area contributed by atoms with E-state index in [2.05, 4.69) is 0 Å². The number of hydrogen-bond donors (Lipinski definition) is 0. The average molecular weight is 189 g/mol. The zero-order valence-corrected chi connectivity index (χ0v) is 8.42. The number of benzene rings is 1. The van der Waals surface area contributed by atoms with Crippen molar-refractivity contribution in [2.24, 2.45) is 0 Å². The van der Waals surface area contributed by atoms with Gasteiger partial charge in [0.15, 0.2) is 5.78 Å². The van der Waals surface area contributed by atoms with Crippen LogP contribution in [0.3, 0.4) is 0 Å². The van der Waals surface area contributed by atoms with E-state index in [1.54, 1.807) is 12.1 Å². The molecule has 1 rings (SSSR count). The zero-order valence-electron chi connectivity index (χ0n) is 8.42. The number of methoxy groups -OCH3 is 1. The van der Waals surface area contributed by atoms with Crippen LogP contribution in [-0.4, -0.2) is 12.9 Å². The lowest BCUT2D eigenvalue weighted by Gasteiger charge is -2.09. The molecule has 0 bridgehead atoms. The molecule has 0 fully saturated rings. The molecule has 3 nitrogen and oxygen atoms in total. The van der Waals surface area contributed by atoms with E-state index in [1.807, 2.05) is 13.0 Å². The van der Waals surface area contributed by atoms with Gasteiger partial charge in [-0.25, -0.2) is 0 Å². The summed E-state index contributed by atoms with van der Waals surface area (Å²) in [5.74, 6) is 0.457. The van der Waals surface area contributed by atoms with Gasteiger partial charge >= 0.3 is 0 Å². The summed E-state index contributed by atoms with van der Waals surface area (Å²) in [5.41, 5.74) is 1.74. The van der Waals surface area contributed by atoms with Gasteiger partial charge in [0.2, 0.25) is 0 Å². The highest BCUT2D eigenvalue weighted by molar-refractivity contribution is 5.97. The quantitative estimate of drug-likeness (QED) is 0.669. The summed E-state index contributed by atoms with van der Waals surface area (Å²) in [5, 5.41) is 8.73. The predicted octanol–water partition coefficient (Wildman–Crippen LogP) is 2.08. The van der Waals surface area contributed by atoms with Gasteiger partial charge in [-0.1, -0.05) is 0 Å².